The van der Waals surface area contributed by atoms with Crippen molar-refractivity contribution in [1.29, 1.82) is 0 Å². The first kappa shape index (κ1) is 23.0. The molecule has 1 N–H and O–H groups in total. The normalized spacial score (nSPS) is 12.3. The van der Waals surface area contributed by atoms with Gasteiger partial charge in [0.2, 0.25) is 0 Å². The van der Waals surface area contributed by atoms with Crippen molar-refractivity contribution in [3.8, 4) is 11.4 Å². The quantitative estimate of drug-likeness (QED) is 0.534. The number of hydrogen-bond acceptors (Lipinski definition) is 3. The van der Waals surface area contributed by atoms with Gasteiger partial charge in [-0.2, -0.15) is 0 Å². The van der Waals surface area contributed by atoms with Crippen LogP contribution in [0.15, 0.2) is 42.2 Å². The van der Waals surface area contributed by atoms with Crippen LogP contribution in [0, 0.1) is 0 Å². The van der Waals surface area contributed by atoms with Crippen molar-refractivity contribution >= 4 is 20.1 Å². The molecule has 0 saturated carbocycles. The zero-order valence-corrected chi connectivity index (χ0v) is 19.9. The zero-order valence-electron chi connectivity index (χ0n) is 18.9. The lowest BCUT2D eigenvalue weighted by molar-refractivity contribution is 0.0951. The lowest BCUT2D eigenvalue weighted by Crippen LogP contribution is -2.42. The second kappa shape index (κ2) is 9.97. The Morgan fingerprint density at radius 3 is 2.21 bits per heavy atom. The van der Waals surface area contributed by atoms with E-state index in [1.165, 1.54) is 0 Å². The summed E-state index contributed by atoms with van der Waals surface area (Å²) in [4.78, 5) is 21.5. The fraction of sp³-hybridized carbons (Fsp3) is 0.458. The van der Waals surface area contributed by atoms with Crippen molar-refractivity contribution < 1.29 is 4.79 Å². The van der Waals surface area contributed by atoms with E-state index in [9.17, 15) is 4.79 Å². The molecule has 0 fully saturated rings. The maximum absolute atomic E-state index is 12.3. The van der Waals surface area contributed by atoms with Crippen LogP contribution in [-0.2, 0) is 0 Å². The van der Waals surface area contributed by atoms with Crippen molar-refractivity contribution in [3.63, 3.8) is 0 Å². The van der Waals surface area contributed by atoms with E-state index in [1.807, 2.05) is 31.2 Å². The first-order chi connectivity index (χ1) is 13.7. The average molecular weight is 410 g/mol. The minimum atomic E-state index is -1.69. The summed E-state index contributed by atoms with van der Waals surface area (Å²) in [5.41, 5.74) is 7.37. The minimum Gasteiger partial charge on any atom is -0.351 e. The average Bonchev–Trinajstić information content (AvgIpc) is 2.68. The third-order valence-corrected chi connectivity index (χ3v) is 12.7. The summed E-state index contributed by atoms with van der Waals surface area (Å²) in [6.45, 7) is 16.6. The Labute approximate surface area is 176 Å². The van der Waals surface area contributed by atoms with Crippen LogP contribution in [0.25, 0.3) is 17.5 Å². The molecule has 29 heavy (non-hydrogen) atoms. The van der Waals surface area contributed by atoms with Crippen LogP contribution in [0.2, 0.25) is 16.6 Å². The molecule has 0 aromatic carbocycles. The molecule has 0 spiro atoms. The molecule has 0 aliphatic carbocycles. The molecular formula is C24H35N3OSi. The van der Waals surface area contributed by atoms with Gasteiger partial charge < -0.3 is 5.32 Å². The molecule has 5 heteroatoms. The topological polar surface area (TPSA) is 54.9 Å². The summed E-state index contributed by atoms with van der Waals surface area (Å²) in [5, 5.41) is 2.83. The van der Waals surface area contributed by atoms with Crippen LogP contribution in [-0.4, -0.2) is 30.5 Å². The number of pyridine rings is 2. The summed E-state index contributed by atoms with van der Waals surface area (Å²) in [6, 6.07) is 9.59. The molecule has 0 aliphatic rings. The molecule has 0 radical (unpaired) electrons. The molecule has 1 amide bonds. The van der Waals surface area contributed by atoms with Crippen LogP contribution in [0.1, 0.15) is 64.5 Å². The van der Waals surface area contributed by atoms with Crippen LogP contribution in [0.3, 0.4) is 0 Å². The number of carbonyl (C=O) groups is 1. The molecular weight excluding hydrogens is 374 g/mol. The van der Waals surface area contributed by atoms with Gasteiger partial charge in [-0.3, -0.25) is 9.78 Å². The Kier molecular flexibility index (Phi) is 7.91. The molecule has 0 atom stereocenters. The smallest absolute Gasteiger partial charge is 0.269 e. The van der Waals surface area contributed by atoms with Crippen molar-refractivity contribution in [2.24, 2.45) is 0 Å². The van der Waals surface area contributed by atoms with Crippen LogP contribution < -0.4 is 5.32 Å². The van der Waals surface area contributed by atoms with Gasteiger partial charge in [-0.15, -0.1) is 0 Å². The number of hydrogen-bond donors (Lipinski definition) is 1. The number of amides is 1. The van der Waals surface area contributed by atoms with Crippen molar-refractivity contribution in [1.82, 2.24) is 15.3 Å². The summed E-state index contributed by atoms with van der Waals surface area (Å²) >= 11 is 0. The van der Waals surface area contributed by atoms with E-state index in [2.05, 4.69) is 68.6 Å². The van der Waals surface area contributed by atoms with Crippen molar-refractivity contribution in [2.75, 3.05) is 6.54 Å². The molecule has 0 bridgehead atoms. The molecule has 0 saturated heterocycles. The van der Waals surface area contributed by atoms with Crippen LogP contribution in [0.4, 0.5) is 0 Å². The van der Waals surface area contributed by atoms with Crippen LogP contribution >= 0.6 is 0 Å². The first-order valence-corrected chi connectivity index (χ1v) is 12.9. The fourth-order valence-corrected chi connectivity index (χ4v) is 10.1. The van der Waals surface area contributed by atoms with E-state index in [4.69, 9.17) is 0 Å². The maximum Gasteiger partial charge on any atom is 0.269 e. The van der Waals surface area contributed by atoms with Gasteiger partial charge in [0.15, 0.2) is 0 Å². The maximum atomic E-state index is 12.3. The zero-order chi connectivity index (χ0) is 21.6. The van der Waals surface area contributed by atoms with E-state index in [-0.39, 0.29) is 5.91 Å². The Hall–Kier alpha value is -2.27. The highest BCUT2D eigenvalue weighted by Gasteiger charge is 2.40. The predicted molar refractivity (Wildman–Crippen MR) is 126 cm³/mol. The number of nitrogens with zero attached hydrogens (tertiary/aromatic N) is 2. The van der Waals surface area contributed by atoms with Gasteiger partial charge in [0.25, 0.3) is 5.91 Å². The number of rotatable bonds is 8. The van der Waals surface area contributed by atoms with Gasteiger partial charge in [-0.05, 0) is 41.7 Å². The number of nitrogens with one attached hydrogen (secondary N) is 1. The summed E-state index contributed by atoms with van der Waals surface area (Å²) in [5.74, 6) is -0.157. The third kappa shape index (κ3) is 5.02. The number of aromatic nitrogens is 2. The SMILES string of the molecule is CCNC(=O)c1ccc(/C=C/[Si](C(C)C)(C(C)C)C(C)C)c(-c2ccccn2)n1. The van der Waals surface area contributed by atoms with E-state index in [0.29, 0.717) is 28.9 Å². The van der Waals surface area contributed by atoms with E-state index < -0.39 is 8.07 Å². The van der Waals surface area contributed by atoms with Gasteiger partial charge in [0.1, 0.15) is 5.69 Å². The highest BCUT2D eigenvalue weighted by molar-refractivity contribution is 6.88. The lowest BCUT2D eigenvalue weighted by atomic mass is 10.1. The highest BCUT2D eigenvalue weighted by atomic mass is 28.3. The minimum absolute atomic E-state index is 0.157. The summed E-state index contributed by atoms with van der Waals surface area (Å²) < 4.78 is 0. The lowest BCUT2D eigenvalue weighted by Gasteiger charge is -2.40. The molecule has 2 aromatic rings. The van der Waals surface area contributed by atoms with Gasteiger partial charge >= 0.3 is 0 Å². The Morgan fingerprint density at radius 1 is 1.03 bits per heavy atom. The largest absolute Gasteiger partial charge is 0.351 e. The van der Waals surface area contributed by atoms with E-state index in [1.54, 1.807) is 12.3 Å². The van der Waals surface area contributed by atoms with Gasteiger partial charge in [-0.25, -0.2) is 4.98 Å². The Bertz CT molecular complexity index is 823. The molecule has 2 aromatic heterocycles. The molecule has 4 nitrogen and oxygen atoms in total. The molecule has 2 rings (SSSR count). The summed E-state index contributed by atoms with van der Waals surface area (Å²) in [6.07, 6.45) is 3.99. The second-order valence-electron chi connectivity index (χ2n) is 8.51. The molecule has 156 valence electrons. The first-order valence-electron chi connectivity index (χ1n) is 10.6. The van der Waals surface area contributed by atoms with Crippen LogP contribution in [0.5, 0.6) is 0 Å². The Morgan fingerprint density at radius 2 is 1.69 bits per heavy atom. The molecule has 2 heterocycles. The van der Waals surface area contributed by atoms with Crippen molar-refractivity contribution in [2.45, 2.75) is 65.1 Å². The predicted octanol–water partition coefficient (Wildman–Crippen LogP) is 6.12. The van der Waals surface area contributed by atoms with E-state index >= 15 is 0 Å². The summed E-state index contributed by atoms with van der Waals surface area (Å²) in [7, 11) is -1.69. The van der Waals surface area contributed by atoms with Gasteiger partial charge in [0.05, 0.1) is 19.5 Å². The standard InChI is InChI=1S/C24H35N3OSi/c1-8-25-24(28)22-13-12-20(23(27-22)21-11-9-10-15-26-21)14-16-29(17(2)3,18(4)5)19(6)7/h9-19H,8H2,1-7H3,(H,25,28)/b16-14+. The molecule has 0 unspecified atom stereocenters. The number of carbonyl (C=O) groups excluding carboxylic acids is 1. The monoisotopic (exact) mass is 409 g/mol. The van der Waals surface area contributed by atoms with Gasteiger partial charge in [-0.1, -0.05) is 65.5 Å². The second-order valence-corrected chi connectivity index (χ2v) is 14.3. The third-order valence-electron chi connectivity index (χ3n) is 5.96. The van der Waals surface area contributed by atoms with Gasteiger partial charge in [0, 0.05) is 18.3 Å². The van der Waals surface area contributed by atoms with Crippen molar-refractivity contribution in [3.05, 3.63) is 53.5 Å². The highest BCUT2D eigenvalue weighted by Crippen LogP contribution is 2.43. The molecule has 0 aliphatic heterocycles. The van der Waals surface area contributed by atoms with E-state index in [0.717, 1.165) is 17.0 Å². The fourth-order valence-electron chi connectivity index (χ4n) is 4.50. The Balaban J connectivity index is 2.59.